The van der Waals surface area contributed by atoms with Crippen molar-refractivity contribution in [3.63, 3.8) is 0 Å². The fourth-order valence-electron chi connectivity index (χ4n) is 4.61. The summed E-state index contributed by atoms with van der Waals surface area (Å²) in [5.41, 5.74) is 3.37. The number of ether oxygens (including phenoxy) is 1. The Morgan fingerprint density at radius 1 is 1.11 bits per heavy atom. The van der Waals surface area contributed by atoms with Crippen molar-refractivity contribution in [3.05, 3.63) is 59.7 Å². The van der Waals surface area contributed by atoms with E-state index in [0.29, 0.717) is 23.5 Å². The maximum Gasteiger partial charge on any atom is 0.407 e. The third-order valence-corrected chi connectivity index (χ3v) is 7.37. The molecular formula is C28H31N5O3S. The highest BCUT2D eigenvalue weighted by Crippen LogP contribution is 2.34. The van der Waals surface area contributed by atoms with E-state index in [1.54, 1.807) is 12.4 Å². The molecular weight excluding hydrogens is 486 g/mol. The van der Waals surface area contributed by atoms with Gasteiger partial charge in [-0.15, -0.1) is 11.3 Å². The van der Waals surface area contributed by atoms with Crippen molar-refractivity contribution in [3.8, 4) is 0 Å². The number of nitrogens with zero attached hydrogens (tertiary/aromatic N) is 3. The van der Waals surface area contributed by atoms with E-state index in [1.165, 1.54) is 11.3 Å². The number of amides is 2. The summed E-state index contributed by atoms with van der Waals surface area (Å²) < 4.78 is 6.34. The quantitative estimate of drug-likeness (QED) is 0.345. The van der Waals surface area contributed by atoms with Crippen LogP contribution in [0.15, 0.2) is 54.2 Å². The minimum atomic E-state index is -0.510. The van der Waals surface area contributed by atoms with Gasteiger partial charge in [0.15, 0.2) is 0 Å². The van der Waals surface area contributed by atoms with Crippen molar-refractivity contribution in [1.82, 2.24) is 15.3 Å². The van der Waals surface area contributed by atoms with E-state index in [2.05, 4.69) is 25.5 Å². The molecule has 1 saturated heterocycles. The maximum atomic E-state index is 13.3. The van der Waals surface area contributed by atoms with Gasteiger partial charge in [0, 0.05) is 42.8 Å². The first-order valence-corrected chi connectivity index (χ1v) is 13.4. The number of anilines is 2. The SMILES string of the molecule is CC(C)(C)OC(=O)NCC1CCN(c2cc3ncccc3cc2NC(=O)c2csc3cccnc23)CC1. The molecule has 8 nitrogen and oxygen atoms in total. The minimum Gasteiger partial charge on any atom is -0.444 e. The van der Waals surface area contributed by atoms with Gasteiger partial charge in [-0.2, -0.15) is 0 Å². The molecule has 2 N–H and O–H groups in total. The van der Waals surface area contributed by atoms with Crippen molar-refractivity contribution in [2.75, 3.05) is 29.9 Å². The van der Waals surface area contributed by atoms with Crippen LogP contribution in [-0.2, 0) is 4.74 Å². The fourth-order valence-corrected chi connectivity index (χ4v) is 5.50. The predicted octanol–water partition coefficient (Wildman–Crippen LogP) is 5.84. The molecule has 5 rings (SSSR count). The first-order valence-electron chi connectivity index (χ1n) is 12.5. The zero-order valence-corrected chi connectivity index (χ0v) is 22.1. The van der Waals surface area contributed by atoms with Crippen molar-refractivity contribution >= 4 is 55.8 Å². The molecule has 2 amide bonds. The minimum absolute atomic E-state index is 0.175. The number of alkyl carbamates (subject to hydrolysis) is 1. The van der Waals surface area contributed by atoms with Crippen LogP contribution >= 0.6 is 11.3 Å². The molecule has 0 spiro atoms. The molecule has 192 valence electrons. The van der Waals surface area contributed by atoms with Gasteiger partial charge < -0.3 is 20.3 Å². The van der Waals surface area contributed by atoms with Crippen molar-refractivity contribution in [1.29, 1.82) is 0 Å². The Morgan fingerprint density at radius 3 is 2.65 bits per heavy atom. The summed E-state index contributed by atoms with van der Waals surface area (Å²) in [6.07, 6.45) is 4.95. The lowest BCUT2D eigenvalue weighted by atomic mass is 9.96. The van der Waals surface area contributed by atoms with E-state index in [1.807, 2.05) is 62.5 Å². The molecule has 0 saturated carbocycles. The number of benzene rings is 1. The lowest BCUT2D eigenvalue weighted by Crippen LogP contribution is -2.40. The summed E-state index contributed by atoms with van der Waals surface area (Å²) in [5, 5.41) is 8.88. The zero-order valence-electron chi connectivity index (χ0n) is 21.3. The molecule has 3 aromatic heterocycles. The lowest BCUT2D eigenvalue weighted by Gasteiger charge is -2.35. The second-order valence-electron chi connectivity index (χ2n) is 10.3. The largest absolute Gasteiger partial charge is 0.444 e. The van der Waals surface area contributed by atoms with E-state index in [4.69, 9.17) is 4.74 Å². The second-order valence-corrected chi connectivity index (χ2v) is 11.2. The monoisotopic (exact) mass is 517 g/mol. The molecule has 1 fully saturated rings. The number of aromatic nitrogens is 2. The Balaban J connectivity index is 1.32. The van der Waals surface area contributed by atoms with Crippen LogP contribution < -0.4 is 15.5 Å². The van der Waals surface area contributed by atoms with E-state index in [0.717, 1.165) is 52.9 Å². The number of nitrogens with one attached hydrogen (secondary N) is 2. The number of pyridine rings is 2. The fraction of sp³-hybridized carbons (Fsp3) is 0.357. The number of hydrogen-bond acceptors (Lipinski definition) is 7. The molecule has 1 aliphatic heterocycles. The summed E-state index contributed by atoms with van der Waals surface area (Å²) in [6, 6.07) is 11.8. The maximum absolute atomic E-state index is 13.3. The van der Waals surface area contributed by atoms with Gasteiger partial charge in [0.05, 0.1) is 32.7 Å². The summed E-state index contributed by atoms with van der Waals surface area (Å²) in [7, 11) is 0. The van der Waals surface area contributed by atoms with Crippen molar-refractivity contribution < 1.29 is 14.3 Å². The third-order valence-electron chi connectivity index (χ3n) is 6.43. The molecule has 0 radical (unpaired) electrons. The highest BCUT2D eigenvalue weighted by atomic mass is 32.1. The Labute approximate surface area is 220 Å². The molecule has 37 heavy (non-hydrogen) atoms. The van der Waals surface area contributed by atoms with Crippen molar-refractivity contribution in [2.45, 2.75) is 39.2 Å². The number of fused-ring (bicyclic) bond motifs is 2. The van der Waals surface area contributed by atoms with Crippen LogP contribution in [0.5, 0.6) is 0 Å². The second kappa shape index (κ2) is 10.3. The highest BCUT2D eigenvalue weighted by molar-refractivity contribution is 7.17. The van der Waals surface area contributed by atoms with E-state index < -0.39 is 5.60 Å². The summed E-state index contributed by atoms with van der Waals surface area (Å²) in [6.45, 7) is 7.78. The van der Waals surface area contributed by atoms with Crippen LogP contribution in [0.25, 0.3) is 21.1 Å². The van der Waals surface area contributed by atoms with Crippen LogP contribution in [-0.4, -0.2) is 47.2 Å². The molecule has 9 heteroatoms. The average Bonchev–Trinajstić information content (AvgIpc) is 3.31. The molecule has 0 bridgehead atoms. The van der Waals surface area contributed by atoms with Crippen molar-refractivity contribution in [2.24, 2.45) is 5.92 Å². The number of thiophene rings is 1. The lowest BCUT2D eigenvalue weighted by molar-refractivity contribution is 0.0516. The number of hydrogen-bond donors (Lipinski definition) is 2. The van der Waals surface area contributed by atoms with Gasteiger partial charge in [-0.25, -0.2) is 4.79 Å². The first-order chi connectivity index (χ1) is 17.8. The van der Waals surface area contributed by atoms with E-state index in [9.17, 15) is 9.59 Å². The van der Waals surface area contributed by atoms with Crippen LogP contribution in [0.3, 0.4) is 0 Å². The van der Waals surface area contributed by atoms with E-state index >= 15 is 0 Å². The third kappa shape index (κ3) is 5.83. The topological polar surface area (TPSA) is 96.5 Å². The zero-order chi connectivity index (χ0) is 26.0. The Kier molecular flexibility index (Phi) is 6.97. The number of carbonyl (C=O) groups excluding carboxylic acids is 2. The van der Waals surface area contributed by atoms with Crippen LogP contribution in [0.1, 0.15) is 44.0 Å². The molecule has 0 atom stereocenters. The van der Waals surface area contributed by atoms with Gasteiger partial charge in [0.2, 0.25) is 0 Å². The summed E-state index contributed by atoms with van der Waals surface area (Å²) >= 11 is 1.51. The van der Waals surface area contributed by atoms with Gasteiger partial charge in [0.25, 0.3) is 5.91 Å². The van der Waals surface area contributed by atoms with Crippen LogP contribution in [0.4, 0.5) is 16.2 Å². The first kappa shape index (κ1) is 25.0. The molecule has 4 heterocycles. The highest BCUT2D eigenvalue weighted by Gasteiger charge is 2.24. The molecule has 0 aliphatic carbocycles. The predicted molar refractivity (Wildman–Crippen MR) is 148 cm³/mol. The standard InChI is InChI=1S/C28H31N5O3S/c1-28(2,3)36-27(35)31-16-18-8-12-33(13-9-18)23-15-21-19(6-4-10-29-21)14-22(23)32-26(34)20-17-37-24-7-5-11-30-25(20)24/h4-7,10-11,14-15,17-18H,8-9,12-13,16H2,1-3H3,(H,31,35)(H,32,34). The Bertz CT molecular complexity index is 1440. The Morgan fingerprint density at radius 2 is 1.86 bits per heavy atom. The van der Waals surface area contributed by atoms with E-state index in [-0.39, 0.29) is 12.0 Å². The summed E-state index contributed by atoms with van der Waals surface area (Å²) in [5.74, 6) is 0.189. The molecule has 1 aliphatic rings. The molecule has 0 unspecified atom stereocenters. The van der Waals surface area contributed by atoms with Gasteiger partial charge in [0.1, 0.15) is 5.60 Å². The molecule has 1 aromatic carbocycles. The van der Waals surface area contributed by atoms with Gasteiger partial charge in [-0.1, -0.05) is 6.07 Å². The van der Waals surface area contributed by atoms with Crippen LogP contribution in [0.2, 0.25) is 0 Å². The van der Waals surface area contributed by atoms with Gasteiger partial charge in [-0.3, -0.25) is 14.8 Å². The van der Waals surface area contributed by atoms with Gasteiger partial charge >= 0.3 is 6.09 Å². The smallest absolute Gasteiger partial charge is 0.407 e. The number of carbonyl (C=O) groups is 2. The average molecular weight is 518 g/mol. The Hall–Kier alpha value is -3.72. The molecule has 4 aromatic rings. The normalized spacial score (nSPS) is 14.6. The van der Waals surface area contributed by atoms with Gasteiger partial charge in [-0.05, 0) is 69.9 Å². The van der Waals surface area contributed by atoms with Crippen LogP contribution in [0, 0.1) is 5.92 Å². The summed E-state index contributed by atoms with van der Waals surface area (Å²) in [4.78, 5) is 36.6. The number of rotatable bonds is 5. The number of piperidine rings is 1.